The van der Waals surface area contributed by atoms with Crippen molar-refractivity contribution in [1.29, 1.82) is 0 Å². The van der Waals surface area contributed by atoms with Crippen LogP contribution in [0.1, 0.15) is 71.8 Å². The number of nitrogens with zero attached hydrogens (tertiary/aromatic N) is 6. The first-order valence-electron chi connectivity index (χ1n) is 18.3. The Labute approximate surface area is 327 Å². The Balaban J connectivity index is 1.31. The molecule has 1 fully saturated rings. The number of benzene rings is 2. The van der Waals surface area contributed by atoms with E-state index >= 15 is 0 Å². The Morgan fingerprint density at radius 1 is 1.00 bits per heavy atom. The molecule has 0 aliphatic carbocycles. The third-order valence-corrected chi connectivity index (χ3v) is 12.8. The summed E-state index contributed by atoms with van der Waals surface area (Å²) in [6, 6.07) is 19.0. The molecule has 2 aliphatic rings. The molecule has 17 heteroatoms. The lowest BCUT2D eigenvalue weighted by Crippen LogP contribution is -2.54. The number of carbonyl (C=O) groups excluding carboxylic acids is 1. The second-order valence-electron chi connectivity index (χ2n) is 15.1. The van der Waals surface area contributed by atoms with Crippen molar-refractivity contribution in [1.82, 2.24) is 28.8 Å². The van der Waals surface area contributed by atoms with Crippen molar-refractivity contribution in [2.24, 2.45) is 5.41 Å². The van der Waals surface area contributed by atoms with Crippen LogP contribution in [0.2, 0.25) is 0 Å². The topological polar surface area (TPSA) is 157 Å². The van der Waals surface area contributed by atoms with E-state index in [1.165, 1.54) is 39.8 Å². The second-order valence-corrected chi connectivity index (χ2v) is 17.1. The first-order valence-corrected chi connectivity index (χ1v) is 19.7. The Kier molecular flexibility index (Phi) is 10.3. The maximum Gasteiger partial charge on any atom is 0.452 e. The summed E-state index contributed by atoms with van der Waals surface area (Å²) in [5.41, 5.74) is 1.11. The zero-order valence-corrected chi connectivity index (χ0v) is 32.5. The van der Waals surface area contributed by atoms with E-state index in [9.17, 15) is 36.3 Å². The number of sulfonamides is 1. The monoisotopic (exact) mass is 806 g/mol. The van der Waals surface area contributed by atoms with E-state index in [-0.39, 0.29) is 62.1 Å². The van der Waals surface area contributed by atoms with Crippen LogP contribution in [0.5, 0.6) is 5.88 Å². The fourth-order valence-electron chi connectivity index (χ4n) is 7.78. The van der Waals surface area contributed by atoms with Gasteiger partial charge in [0, 0.05) is 50.8 Å². The SMILES string of the molecule is Cc1ccc(C(c2ccn3c(C(F)(F)F)nnc3c2C)C(C)(C)C(=O)OCc2ccccc2)cc1CN1CC2(CCN(C(=O)O)CC2)Oc2ncccc2S1(=O)=O. The number of carboxylic acid groups (broad SMARTS) is 1. The Bertz CT molecular complexity index is 2450. The van der Waals surface area contributed by atoms with Gasteiger partial charge in [-0.15, -0.1) is 10.2 Å². The third kappa shape index (κ3) is 7.53. The van der Waals surface area contributed by atoms with E-state index in [1.54, 1.807) is 20.8 Å². The molecule has 1 atom stereocenters. The van der Waals surface area contributed by atoms with Gasteiger partial charge in [-0.1, -0.05) is 48.5 Å². The van der Waals surface area contributed by atoms with Crippen LogP contribution in [0.25, 0.3) is 5.65 Å². The number of halogens is 3. The standard InChI is InChI=1S/C40H41F3N6O7S/c1-25-12-13-28(21-29(25)22-48-24-39(15-19-47(20-16-39)37(51)52)56-34-31(57(48,53)54)11-8-17-44-34)32(38(3,4)36(50)55-23-27-9-6-5-7-10-27)30-14-18-49-33(26(30)2)45-46-35(49)40(41,42)43/h5-14,17-18,21,32H,15-16,19-20,22-24H2,1-4H3,(H,51,52). The summed E-state index contributed by atoms with van der Waals surface area (Å²) >= 11 is 0. The van der Waals surface area contributed by atoms with Crippen LogP contribution >= 0.6 is 0 Å². The molecule has 13 nitrogen and oxygen atoms in total. The van der Waals surface area contributed by atoms with Gasteiger partial charge in [-0.25, -0.2) is 18.2 Å². The van der Waals surface area contributed by atoms with Crippen LogP contribution in [-0.4, -0.2) is 79.6 Å². The molecule has 7 rings (SSSR count). The van der Waals surface area contributed by atoms with Gasteiger partial charge in [0.1, 0.15) is 17.1 Å². The molecular weight excluding hydrogens is 766 g/mol. The van der Waals surface area contributed by atoms with Crippen LogP contribution in [-0.2, 0) is 38.9 Å². The molecule has 3 aromatic heterocycles. The average Bonchev–Trinajstić information content (AvgIpc) is 3.59. The molecule has 1 unspecified atom stereocenters. The van der Waals surface area contributed by atoms with Crippen molar-refractivity contribution in [3.63, 3.8) is 0 Å². The summed E-state index contributed by atoms with van der Waals surface area (Å²) in [4.78, 5) is 31.3. The molecule has 1 N–H and O–H groups in total. The predicted octanol–water partition coefficient (Wildman–Crippen LogP) is 6.76. The van der Waals surface area contributed by atoms with Crippen LogP contribution in [0.3, 0.4) is 0 Å². The molecule has 5 heterocycles. The van der Waals surface area contributed by atoms with E-state index in [1.807, 2.05) is 55.5 Å². The number of amides is 1. The zero-order chi connectivity index (χ0) is 40.9. The van der Waals surface area contributed by atoms with Gasteiger partial charge < -0.3 is 19.5 Å². The lowest BCUT2D eigenvalue weighted by Gasteiger charge is -2.41. The first kappa shape index (κ1) is 39.7. The van der Waals surface area contributed by atoms with Gasteiger partial charge in [-0.05, 0) is 79.3 Å². The summed E-state index contributed by atoms with van der Waals surface area (Å²) < 4.78 is 84.8. The Morgan fingerprint density at radius 2 is 1.72 bits per heavy atom. The average molecular weight is 807 g/mol. The van der Waals surface area contributed by atoms with E-state index in [0.29, 0.717) is 22.3 Å². The summed E-state index contributed by atoms with van der Waals surface area (Å²) in [5.74, 6) is -2.63. The fraction of sp³-hybridized carbons (Fsp3) is 0.375. The number of likely N-dealkylation sites (tertiary alicyclic amines) is 1. The minimum Gasteiger partial charge on any atom is -0.469 e. The summed E-state index contributed by atoms with van der Waals surface area (Å²) in [6.45, 7) is 6.91. The number of esters is 1. The number of ether oxygens (including phenoxy) is 2. The van der Waals surface area contributed by atoms with Crippen molar-refractivity contribution in [2.45, 2.75) is 76.3 Å². The number of hydrogen-bond acceptors (Lipinski definition) is 9. The number of carbonyl (C=O) groups is 2. The maximum atomic E-state index is 14.4. The Morgan fingerprint density at radius 3 is 2.40 bits per heavy atom. The van der Waals surface area contributed by atoms with E-state index in [0.717, 1.165) is 15.5 Å². The maximum absolute atomic E-state index is 14.4. The van der Waals surface area contributed by atoms with Gasteiger partial charge in [0.25, 0.3) is 0 Å². The molecule has 2 aliphatic heterocycles. The number of piperidine rings is 1. The molecule has 1 saturated heterocycles. The number of fused-ring (bicyclic) bond motifs is 2. The van der Waals surface area contributed by atoms with Gasteiger partial charge in [0.05, 0.1) is 12.0 Å². The number of alkyl halides is 3. The van der Waals surface area contributed by atoms with Crippen molar-refractivity contribution in [3.8, 4) is 5.88 Å². The van der Waals surface area contributed by atoms with Crippen LogP contribution in [0.4, 0.5) is 18.0 Å². The number of hydrogen-bond donors (Lipinski definition) is 1. The van der Waals surface area contributed by atoms with Gasteiger partial charge in [-0.2, -0.15) is 17.5 Å². The van der Waals surface area contributed by atoms with Crippen LogP contribution in [0.15, 0.2) is 84.0 Å². The quantitative estimate of drug-likeness (QED) is 0.166. The van der Waals surface area contributed by atoms with Gasteiger partial charge in [0.2, 0.25) is 21.7 Å². The molecule has 1 amide bonds. The molecule has 0 saturated carbocycles. The highest BCUT2D eigenvalue weighted by Crippen LogP contribution is 2.45. The minimum absolute atomic E-state index is 0.0106. The Hall–Kier alpha value is -5.55. The van der Waals surface area contributed by atoms with Gasteiger partial charge in [-0.3, -0.25) is 9.20 Å². The number of pyridine rings is 2. The normalized spacial score (nSPS) is 17.4. The van der Waals surface area contributed by atoms with E-state index in [2.05, 4.69) is 15.2 Å². The van der Waals surface area contributed by atoms with E-state index in [4.69, 9.17) is 9.47 Å². The van der Waals surface area contributed by atoms with Crippen LogP contribution in [0, 0.1) is 19.3 Å². The summed E-state index contributed by atoms with van der Waals surface area (Å²) in [6.07, 6.45) is -2.72. The zero-order valence-electron chi connectivity index (χ0n) is 31.7. The third-order valence-electron chi connectivity index (χ3n) is 11.0. The highest BCUT2D eigenvalue weighted by Gasteiger charge is 2.47. The van der Waals surface area contributed by atoms with Crippen molar-refractivity contribution in [2.75, 3.05) is 19.6 Å². The second kappa shape index (κ2) is 14.8. The predicted molar refractivity (Wildman–Crippen MR) is 200 cm³/mol. The smallest absolute Gasteiger partial charge is 0.452 e. The van der Waals surface area contributed by atoms with Crippen molar-refractivity contribution in [3.05, 3.63) is 118 Å². The molecule has 1 spiro atoms. The molecule has 0 bridgehead atoms. The molecule has 0 radical (unpaired) electrons. The molecule has 2 aromatic carbocycles. The minimum atomic E-state index is -4.76. The molecule has 300 valence electrons. The first-order chi connectivity index (χ1) is 26.9. The van der Waals surface area contributed by atoms with E-state index < -0.39 is 51.0 Å². The van der Waals surface area contributed by atoms with Gasteiger partial charge >= 0.3 is 18.2 Å². The lowest BCUT2D eigenvalue weighted by molar-refractivity contribution is -0.156. The molecule has 5 aromatic rings. The fourth-order valence-corrected chi connectivity index (χ4v) is 9.34. The summed E-state index contributed by atoms with van der Waals surface area (Å²) in [5, 5.41) is 16.9. The number of aromatic nitrogens is 4. The van der Waals surface area contributed by atoms with Crippen LogP contribution < -0.4 is 4.74 Å². The molecular formula is C40H41F3N6O7S. The largest absolute Gasteiger partial charge is 0.469 e. The number of rotatable bonds is 8. The van der Waals surface area contributed by atoms with Gasteiger partial charge in [0.15, 0.2) is 5.65 Å². The van der Waals surface area contributed by atoms with Crippen molar-refractivity contribution < 1.29 is 45.8 Å². The highest BCUT2D eigenvalue weighted by atomic mass is 32.2. The van der Waals surface area contributed by atoms with Crippen molar-refractivity contribution >= 4 is 27.7 Å². The highest BCUT2D eigenvalue weighted by molar-refractivity contribution is 7.89. The summed E-state index contributed by atoms with van der Waals surface area (Å²) in [7, 11) is -4.21. The lowest BCUT2D eigenvalue weighted by atomic mass is 9.70. The number of aryl methyl sites for hydroxylation is 2. The molecule has 57 heavy (non-hydrogen) atoms.